The molecule has 0 aliphatic heterocycles. The van der Waals surface area contributed by atoms with Gasteiger partial charge in [0.05, 0.1) is 6.10 Å². The molecule has 1 N–H and O–H groups in total. The number of alkyl halides is 1. The number of ether oxygens (including phenoxy) is 2. The fraction of sp³-hybridized carbons (Fsp3) is 0.767. The van der Waals surface area contributed by atoms with Gasteiger partial charge in [-0.25, -0.2) is 0 Å². The Morgan fingerprint density at radius 3 is 2.41 bits per heavy atom. The lowest BCUT2D eigenvalue weighted by atomic mass is 9.46. The number of aliphatic hydroxyl groups is 1. The number of hydrogen-bond donors (Lipinski definition) is 1. The summed E-state index contributed by atoms with van der Waals surface area (Å²) >= 11 is 7.10. The molecule has 0 saturated heterocycles. The van der Waals surface area contributed by atoms with E-state index >= 15 is 0 Å². The van der Waals surface area contributed by atoms with Crippen LogP contribution in [0.1, 0.15) is 87.0 Å². The summed E-state index contributed by atoms with van der Waals surface area (Å²) in [4.78, 5) is 38.4. The normalized spacial score (nSPS) is 41.7. The third kappa shape index (κ3) is 4.60. The van der Waals surface area contributed by atoms with Gasteiger partial charge in [0.15, 0.2) is 12.2 Å². The molecule has 4 aliphatic carbocycles. The van der Waals surface area contributed by atoms with E-state index in [0.717, 1.165) is 12.8 Å². The molecule has 7 heteroatoms. The molecule has 0 spiro atoms. The Morgan fingerprint density at radius 2 is 1.78 bits per heavy atom. The number of fused-ring (bicyclic) bond motifs is 5. The van der Waals surface area contributed by atoms with Crippen LogP contribution in [0.3, 0.4) is 0 Å². The zero-order valence-electron chi connectivity index (χ0n) is 23.5. The highest BCUT2D eigenvalue weighted by Crippen LogP contribution is 2.69. The van der Waals surface area contributed by atoms with E-state index in [-0.39, 0.29) is 47.3 Å². The molecule has 9 atom stereocenters. The second-order valence-corrected chi connectivity index (χ2v) is 12.0. The van der Waals surface area contributed by atoms with Crippen molar-refractivity contribution >= 4 is 29.3 Å². The SMILES string of the molecule is CC.CCC(=O)OCC(=O)[C@@]1(OC(=O)CC)[C@H](C)C[C@H]2[C@H]3[C@H]([C@@H](O)C[C@@]21C)[C@@]1(C)C=CCC=C1C[C@H]3Cl. The van der Waals surface area contributed by atoms with Crippen LogP contribution in [-0.2, 0) is 23.9 Å². The summed E-state index contributed by atoms with van der Waals surface area (Å²) in [6, 6.07) is 0. The Kier molecular flexibility index (Phi) is 9.06. The first kappa shape index (κ1) is 29.9. The molecule has 0 aromatic carbocycles. The fourth-order valence-corrected chi connectivity index (χ4v) is 8.67. The number of allylic oxidation sites excluding steroid dienone is 4. The zero-order chi connectivity index (χ0) is 27.8. The van der Waals surface area contributed by atoms with E-state index in [1.54, 1.807) is 13.8 Å². The number of halogens is 1. The second-order valence-electron chi connectivity index (χ2n) is 11.4. The molecule has 0 aromatic heterocycles. The van der Waals surface area contributed by atoms with E-state index < -0.39 is 41.4 Å². The molecule has 208 valence electrons. The highest BCUT2D eigenvalue weighted by Gasteiger charge is 2.73. The zero-order valence-corrected chi connectivity index (χ0v) is 24.3. The van der Waals surface area contributed by atoms with Gasteiger partial charge in [0.1, 0.15) is 0 Å². The number of carbonyl (C=O) groups excluding carboxylic acids is 3. The molecule has 37 heavy (non-hydrogen) atoms. The summed E-state index contributed by atoms with van der Waals surface area (Å²) < 4.78 is 11.3. The van der Waals surface area contributed by atoms with Crippen LogP contribution in [0.4, 0.5) is 0 Å². The van der Waals surface area contributed by atoms with Crippen LogP contribution in [0.5, 0.6) is 0 Å². The molecule has 0 unspecified atom stereocenters. The topological polar surface area (TPSA) is 89.9 Å². The second kappa shape index (κ2) is 11.2. The lowest BCUT2D eigenvalue weighted by molar-refractivity contribution is -0.205. The highest BCUT2D eigenvalue weighted by atomic mass is 35.5. The minimum atomic E-state index is -1.49. The first-order chi connectivity index (χ1) is 17.5. The van der Waals surface area contributed by atoms with Crippen molar-refractivity contribution in [1.82, 2.24) is 0 Å². The Balaban J connectivity index is 0.00000186. The predicted octanol–water partition coefficient (Wildman–Crippen LogP) is 5.79. The molecule has 0 heterocycles. The van der Waals surface area contributed by atoms with Gasteiger partial charge in [-0.2, -0.15) is 0 Å². The number of aliphatic hydroxyl groups excluding tert-OH is 1. The van der Waals surface area contributed by atoms with E-state index in [2.05, 4.69) is 25.2 Å². The maximum Gasteiger partial charge on any atom is 0.306 e. The molecule has 4 aliphatic rings. The minimum Gasteiger partial charge on any atom is -0.457 e. The van der Waals surface area contributed by atoms with Gasteiger partial charge in [-0.3, -0.25) is 14.4 Å². The summed E-state index contributed by atoms with van der Waals surface area (Å²) in [7, 11) is 0. The number of ketones is 1. The van der Waals surface area contributed by atoms with Crippen LogP contribution in [0.2, 0.25) is 0 Å². The molecule has 3 fully saturated rings. The van der Waals surface area contributed by atoms with Gasteiger partial charge in [0.25, 0.3) is 0 Å². The Bertz CT molecular complexity index is 958. The smallest absolute Gasteiger partial charge is 0.306 e. The van der Waals surface area contributed by atoms with Crippen molar-refractivity contribution in [1.29, 1.82) is 0 Å². The number of rotatable bonds is 6. The van der Waals surface area contributed by atoms with Crippen LogP contribution < -0.4 is 0 Å². The van der Waals surface area contributed by atoms with Gasteiger partial charge in [0.2, 0.25) is 5.78 Å². The summed E-state index contributed by atoms with van der Waals surface area (Å²) in [6.07, 6.45) is 8.76. The largest absolute Gasteiger partial charge is 0.457 e. The first-order valence-electron chi connectivity index (χ1n) is 14.1. The van der Waals surface area contributed by atoms with Gasteiger partial charge >= 0.3 is 11.9 Å². The number of carbonyl (C=O) groups is 3. The van der Waals surface area contributed by atoms with Crippen LogP contribution in [0.15, 0.2) is 23.8 Å². The van der Waals surface area contributed by atoms with E-state index in [4.69, 9.17) is 21.1 Å². The Hall–Kier alpha value is -1.66. The van der Waals surface area contributed by atoms with Gasteiger partial charge in [-0.05, 0) is 37.5 Å². The molecule has 0 amide bonds. The van der Waals surface area contributed by atoms with Crippen LogP contribution in [0, 0.1) is 34.5 Å². The predicted molar refractivity (Wildman–Crippen MR) is 144 cm³/mol. The Labute approximate surface area is 227 Å². The molecule has 0 radical (unpaired) electrons. The van der Waals surface area contributed by atoms with E-state index in [1.165, 1.54) is 5.57 Å². The molecule has 6 nitrogen and oxygen atoms in total. The van der Waals surface area contributed by atoms with Crippen molar-refractivity contribution in [2.75, 3.05) is 6.61 Å². The quantitative estimate of drug-likeness (QED) is 0.262. The number of hydrogen-bond acceptors (Lipinski definition) is 6. The van der Waals surface area contributed by atoms with Crippen LogP contribution >= 0.6 is 11.6 Å². The maximum atomic E-state index is 13.9. The average Bonchev–Trinajstić information content (AvgIpc) is 3.09. The average molecular weight is 537 g/mol. The van der Waals surface area contributed by atoms with Gasteiger partial charge < -0.3 is 14.6 Å². The van der Waals surface area contributed by atoms with E-state index in [9.17, 15) is 19.5 Å². The van der Waals surface area contributed by atoms with Gasteiger partial charge in [-0.15, -0.1) is 11.6 Å². The van der Waals surface area contributed by atoms with Gasteiger partial charge in [0, 0.05) is 40.9 Å². The lowest BCUT2D eigenvalue weighted by Crippen LogP contribution is -2.65. The number of esters is 2. The van der Waals surface area contributed by atoms with Crippen molar-refractivity contribution in [3.63, 3.8) is 0 Å². The van der Waals surface area contributed by atoms with Crippen molar-refractivity contribution < 1.29 is 29.0 Å². The summed E-state index contributed by atoms with van der Waals surface area (Å²) in [5, 5.41) is 11.5. The number of Topliss-reactive ketones (excluding diaryl/α,β-unsaturated/α-hetero) is 1. The van der Waals surface area contributed by atoms with E-state index in [1.807, 2.05) is 27.7 Å². The lowest BCUT2D eigenvalue weighted by Gasteiger charge is -2.61. The maximum absolute atomic E-state index is 13.9. The Morgan fingerprint density at radius 1 is 1.14 bits per heavy atom. The third-order valence-corrected chi connectivity index (χ3v) is 10.2. The summed E-state index contributed by atoms with van der Waals surface area (Å²) in [6.45, 7) is 13.0. The third-order valence-electron chi connectivity index (χ3n) is 9.71. The van der Waals surface area contributed by atoms with Crippen molar-refractivity contribution in [3.8, 4) is 0 Å². The van der Waals surface area contributed by atoms with E-state index in [0.29, 0.717) is 12.8 Å². The standard InChI is InChI=1S/C28H39ClO6.C2H6/c1-6-22(32)34-15-21(31)28(35-23(33)7-2)16(3)12-18-24-19(29)13-17-10-8-9-11-26(17,4)25(24)20(30)14-27(18,28)5;1-2/h9-11,16,18-20,24-25,30H,6-8,12-15H2,1-5H3;1-2H3/t16-,18+,19-,20+,24-,25+,26+,27+,28+;/m1./s1. The molecule has 3 saturated carbocycles. The first-order valence-corrected chi connectivity index (χ1v) is 14.5. The molecule has 0 aromatic rings. The van der Waals surface area contributed by atoms with Crippen molar-refractivity contribution in [3.05, 3.63) is 23.8 Å². The molecule has 0 bridgehead atoms. The molecular formula is C30H45ClO6. The molecular weight excluding hydrogens is 492 g/mol. The molecule has 4 rings (SSSR count). The minimum absolute atomic E-state index is 0.0300. The van der Waals surface area contributed by atoms with Crippen molar-refractivity contribution in [2.45, 2.75) is 104 Å². The van der Waals surface area contributed by atoms with Crippen molar-refractivity contribution in [2.24, 2.45) is 34.5 Å². The highest BCUT2D eigenvalue weighted by molar-refractivity contribution is 6.21. The summed E-state index contributed by atoms with van der Waals surface area (Å²) in [5.41, 5.74) is -1.33. The fourth-order valence-electron chi connectivity index (χ4n) is 8.17. The van der Waals surface area contributed by atoms with Gasteiger partial charge in [-0.1, -0.05) is 72.3 Å². The summed E-state index contributed by atoms with van der Waals surface area (Å²) in [5.74, 6) is -1.82. The van der Waals surface area contributed by atoms with Crippen LogP contribution in [-0.4, -0.2) is 46.5 Å². The monoisotopic (exact) mass is 536 g/mol. The van der Waals surface area contributed by atoms with Crippen LogP contribution in [0.25, 0.3) is 0 Å².